The Morgan fingerprint density at radius 3 is 2.70 bits per heavy atom. The maximum absolute atomic E-state index is 11.9. The van der Waals surface area contributed by atoms with Crippen molar-refractivity contribution in [3.63, 3.8) is 0 Å². The van der Waals surface area contributed by atoms with Gasteiger partial charge in [-0.3, -0.25) is 4.79 Å². The standard InChI is InChI=1S/C17H20N2O/c18-16(14-7-8-14)11-19-17(20)10-12-5-6-13-3-1-2-4-15(13)9-12/h1-6,9,14,16H,7-8,10-11,18H2,(H,19,20). The molecule has 2 aromatic carbocycles. The molecule has 2 aromatic rings. The van der Waals surface area contributed by atoms with Crippen LogP contribution in [0.1, 0.15) is 18.4 Å². The molecule has 104 valence electrons. The molecule has 1 saturated carbocycles. The van der Waals surface area contributed by atoms with E-state index in [1.165, 1.54) is 23.6 Å². The third-order valence-corrected chi connectivity index (χ3v) is 3.94. The van der Waals surface area contributed by atoms with Crippen LogP contribution in [0, 0.1) is 5.92 Å². The lowest BCUT2D eigenvalue weighted by Gasteiger charge is -2.11. The second-order valence-corrected chi connectivity index (χ2v) is 5.66. The number of rotatable bonds is 5. The molecule has 0 spiro atoms. The summed E-state index contributed by atoms with van der Waals surface area (Å²) in [6.45, 7) is 0.594. The number of hydrogen-bond donors (Lipinski definition) is 2. The van der Waals surface area contributed by atoms with Crippen LogP contribution >= 0.6 is 0 Å². The summed E-state index contributed by atoms with van der Waals surface area (Å²) in [4.78, 5) is 11.9. The lowest BCUT2D eigenvalue weighted by Crippen LogP contribution is -2.39. The van der Waals surface area contributed by atoms with Gasteiger partial charge in [-0.05, 0) is 35.1 Å². The fourth-order valence-electron chi connectivity index (χ4n) is 2.52. The molecular formula is C17H20N2O. The van der Waals surface area contributed by atoms with Crippen molar-refractivity contribution in [2.24, 2.45) is 11.7 Å². The highest BCUT2D eigenvalue weighted by atomic mass is 16.1. The molecule has 0 heterocycles. The van der Waals surface area contributed by atoms with Crippen molar-refractivity contribution >= 4 is 16.7 Å². The first kappa shape index (κ1) is 13.1. The monoisotopic (exact) mass is 268 g/mol. The Hall–Kier alpha value is -1.87. The van der Waals surface area contributed by atoms with E-state index in [0.717, 1.165) is 5.56 Å². The second-order valence-electron chi connectivity index (χ2n) is 5.66. The third-order valence-electron chi connectivity index (χ3n) is 3.94. The van der Waals surface area contributed by atoms with Gasteiger partial charge in [0.15, 0.2) is 0 Å². The highest BCUT2D eigenvalue weighted by Gasteiger charge is 2.28. The molecule has 3 rings (SSSR count). The van der Waals surface area contributed by atoms with Crippen LogP contribution in [0.25, 0.3) is 10.8 Å². The average molecular weight is 268 g/mol. The van der Waals surface area contributed by atoms with Crippen molar-refractivity contribution in [2.75, 3.05) is 6.54 Å². The minimum absolute atomic E-state index is 0.0522. The van der Waals surface area contributed by atoms with Gasteiger partial charge in [0.2, 0.25) is 5.91 Å². The molecular weight excluding hydrogens is 248 g/mol. The zero-order valence-corrected chi connectivity index (χ0v) is 11.5. The van der Waals surface area contributed by atoms with Gasteiger partial charge in [0.25, 0.3) is 0 Å². The molecule has 0 saturated heterocycles. The van der Waals surface area contributed by atoms with Gasteiger partial charge in [0.05, 0.1) is 6.42 Å². The molecule has 20 heavy (non-hydrogen) atoms. The first-order valence-corrected chi connectivity index (χ1v) is 7.22. The van der Waals surface area contributed by atoms with Gasteiger partial charge in [-0.15, -0.1) is 0 Å². The van der Waals surface area contributed by atoms with E-state index in [1.54, 1.807) is 0 Å². The number of hydrogen-bond acceptors (Lipinski definition) is 2. The number of nitrogens with two attached hydrogens (primary N) is 1. The van der Waals surface area contributed by atoms with E-state index < -0.39 is 0 Å². The van der Waals surface area contributed by atoms with E-state index in [-0.39, 0.29) is 11.9 Å². The van der Waals surface area contributed by atoms with Crippen LogP contribution < -0.4 is 11.1 Å². The molecule has 1 atom stereocenters. The van der Waals surface area contributed by atoms with Crippen molar-refractivity contribution in [1.82, 2.24) is 5.32 Å². The van der Waals surface area contributed by atoms with Gasteiger partial charge in [-0.2, -0.15) is 0 Å². The maximum atomic E-state index is 11.9. The van der Waals surface area contributed by atoms with Crippen LogP contribution in [0.4, 0.5) is 0 Å². The lowest BCUT2D eigenvalue weighted by atomic mass is 10.0. The molecule has 0 aliphatic heterocycles. The van der Waals surface area contributed by atoms with Crippen molar-refractivity contribution in [2.45, 2.75) is 25.3 Å². The molecule has 3 N–H and O–H groups in total. The molecule has 3 heteroatoms. The zero-order valence-electron chi connectivity index (χ0n) is 11.5. The molecule has 1 unspecified atom stereocenters. The minimum atomic E-state index is 0.0522. The Morgan fingerprint density at radius 1 is 1.20 bits per heavy atom. The summed E-state index contributed by atoms with van der Waals surface area (Å²) in [5.41, 5.74) is 7.02. The Balaban J connectivity index is 1.58. The molecule has 1 fully saturated rings. The van der Waals surface area contributed by atoms with E-state index in [4.69, 9.17) is 5.73 Å². The second kappa shape index (κ2) is 5.63. The number of amides is 1. The van der Waals surface area contributed by atoms with Gasteiger partial charge < -0.3 is 11.1 Å². The fraction of sp³-hybridized carbons (Fsp3) is 0.353. The van der Waals surface area contributed by atoms with Crippen LogP contribution in [-0.2, 0) is 11.2 Å². The van der Waals surface area contributed by atoms with Gasteiger partial charge in [-0.1, -0.05) is 42.5 Å². The highest BCUT2D eigenvalue weighted by molar-refractivity contribution is 5.85. The smallest absolute Gasteiger partial charge is 0.224 e. The van der Waals surface area contributed by atoms with Gasteiger partial charge in [0.1, 0.15) is 0 Å². The predicted octanol–water partition coefficient (Wildman–Crippen LogP) is 2.24. The quantitative estimate of drug-likeness (QED) is 0.873. The van der Waals surface area contributed by atoms with Crippen molar-refractivity contribution in [3.05, 3.63) is 48.0 Å². The number of fused-ring (bicyclic) bond motifs is 1. The molecule has 0 aromatic heterocycles. The van der Waals surface area contributed by atoms with Crippen molar-refractivity contribution in [1.29, 1.82) is 0 Å². The Morgan fingerprint density at radius 2 is 1.95 bits per heavy atom. The number of nitrogens with one attached hydrogen (secondary N) is 1. The molecule has 1 amide bonds. The number of carbonyl (C=O) groups excluding carboxylic acids is 1. The number of carbonyl (C=O) groups is 1. The lowest BCUT2D eigenvalue weighted by molar-refractivity contribution is -0.120. The molecule has 1 aliphatic rings. The van der Waals surface area contributed by atoms with Crippen LogP contribution in [0.5, 0.6) is 0 Å². The van der Waals surface area contributed by atoms with E-state index in [9.17, 15) is 4.79 Å². The normalized spacial score (nSPS) is 16.1. The Kier molecular flexibility index (Phi) is 3.70. The predicted molar refractivity (Wildman–Crippen MR) is 81.4 cm³/mol. The SMILES string of the molecule is NC(CNC(=O)Cc1ccc2ccccc2c1)C1CC1. The Labute approximate surface area is 119 Å². The van der Waals surface area contributed by atoms with E-state index in [0.29, 0.717) is 18.9 Å². The van der Waals surface area contributed by atoms with Crippen molar-refractivity contribution in [3.8, 4) is 0 Å². The molecule has 3 nitrogen and oxygen atoms in total. The van der Waals surface area contributed by atoms with Crippen LogP contribution in [0.2, 0.25) is 0 Å². The van der Waals surface area contributed by atoms with Crippen LogP contribution in [0.15, 0.2) is 42.5 Å². The van der Waals surface area contributed by atoms with Gasteiger partial charge >= 0.3 is 0 Å². The van der Waals surface area contributed by atoms with Gasteiger partial charge in [-0.25, -0.2) is 0 Å². The molecule has 0 radical (unpaired) electrons. The highest BCUT2D eigenvalue weighted by Crippen LogP contribution is 2.31. The van der Waals surface area contributed by atoms with Crippen molar-refractivity contribution < 1.29 is 4.79 Å². The molecule has 1 aliphatic carbocycles. The van der Waals surface area contributed by atoms with Crippen LogP contribution in [0.3, 0.4) is 0 Å². The minimum Gasteiger partial charge on any atom is -0.354 e. The Bertz CT molecular complexity index is 619. The first-order valence-electron chi connectivity index (χ1n) is 7.22. The summed E-state index contributed by atoms with van der Waals surface area (Å²) in [6.07, 6.45) is 2.84. The fourth-order valence-corrected chi connectivity index (χ4v) is 2.52. The average Bonchev–Trinajstić information content (AvgIpc) is 3.29. The van der Waals surface area contributed by atoms with E-state index >= 15 is 0 Å². The summed E-state index contributed by atoms with van der Waals surface area (Å²) in [5.74, 6) is 0.673. The van der Waals surface area contributed by atoms with Gasteiger partial charge in [0, 0.05) is 12.6 Å². The summed E-state index contributed by atoms with van der Waals surface area (Å²) >= 11 is 0. The summed E-state index contributed by atoms with van der Waals surface area (Å²) in [6, 6.07) is 14.5. The maximum Gasteiger partial charge on any atom is 0.224 e. The largest absolute Gasteiger partial charge is 0.354 e. The summed E-state index contributed by atoms with van der Waals surface area (Å²) in [7, 11) is 0. The molecule has 0 bridgehead atoms. The van der Waals surface area contributed by atoms with Crippen LogP contribution in [-0.4, -0.2) is 18.5 Å². The third kappa shape index (κ3) is 3.17. The van der Waals surface area contributed by atoms with E-state index in [2.05, 4.69) is 29.6 Å². The van der Waals surface area contributed by atoms with E-state index in [1.807, 2.05) is 18.2 Å². The number of benzene rings is 2. The summed E-state index contributed by atoms with van der Waals surface area (Å²) < 4.78 is 0. The zero-order chi connectivity index (χ0) is 13.9. The summed E-state index contributed by atoms with van der Waals surface area (Å²) in [5, 5.41) is 5.31. The first-order chi connectivity index (χ1) is 9.72. The topological polar surface area (TPSA) is 55.1 Å².